The maximum Gasteiger partial charge on any atom is 0.156 e. The van der Waals surface area contributed by atoms with Crippen molar-refractivity contribution >= 4 is 16.9 Å². The zero-order chi connectivity index (χ0) is 13.8. The molecular formula is C16H26N2S. The maximum atomic E-state index is 4.61. The third-order valence-electron chi connectivity index (χ3n) is 3.00. The molecule has 0 heterocycles. The van der Waals surface area contributed by atoms with Crippen molar-refractivity contribution in [3.63, 3.8) is 0 Å². The van der Waals surface area contributed by atoms with Gasteiger partial charge in [-0.05, 0) is 18.2 Å². The molecule has 3 heteroatoms. The average molecular weight is 278 g/mol. The second kappa shape index (κ2) is 10.9. The summed E-state index contributed by atoms with van der Waals surface area (Å²) >= 11 is 1.70. The van der Waals surface area contributed by atoms with Crippen molar-refractivity contribution in [1.82, 2.24) is 5.32 Å². The molecular weight excluding hydrogens is 252 g/mol. The van der Waals surface area contributed by atoms with Gasteiger partial charge in [-0.25, -0.2) is 0 Å². The van der Waals surface area contributed by atoms with E-state index in [4.69, 9.17) is 0 Å². The van der Waals surface area contributed by atoms with Crippen LogP contribution < -0.4 is 5.32 Å². The number of unbranched alkanes of at least 4 members (excludes halogenated alkanes) is 4. The number of hydrogen-bond donors (Lipinski definition) is 1. The maximum absolute atomic E-state index is 4.61. The van der Waals surface area contributed by atoms with Gasteiger partial charge in [-0.1, -0.05) is 74.7 Å². The predicted molar refractivity (Wildman–Crippen MR) is 87.9 cm³/mol. The number of hydrogen-bond acceptors (Lipinski definition) is 2. The second-order valence-corrected chi connectivity index (χ2v) is 5.45. The Labute approximate surface area is 122 Å². The summed E-state index contributed by atoms with van der Waals surface area (Å²) in [5, 5.41) is 4.48. The summed E-state index contributed by atoms with van der Waals surface area (Å²) in [6, 6.07) is 10.4. The minimum Gasteiger partial charge on any atom is -0.365 e. The van der Waals surface area contributed by atoms with Gasteiger partial charge in [0.25, 0.3) is 0 Å². The minimum absolute atomic E-state index is 0.764. The molecule has 1 aromatic carbocycles. The van der Waals surface area contributed by atoms with Crippen LogP contribution in [0, 0.1) is 0 Å². The smallest absolute Gasteiger partial charge is 0.156 e. The largest absolute Gasteiger partial charge is 0.365 e. The van der Waals surface area contributed by atoms with Gasteiger partial charge in [0.15, 0.2) is 5.17 Å². The van der Waals surface area contributed by atoms with Gasteiger partial charge in [-0.2, -0.15) is 0 Å². The summed E-state index contributed by atoms with van der Waals surface area (Å²) in [4.78, 5) is 4.61. The minimum atomic E-state index is 0.764. The predicted octanol–water partition coefficient (Wildman–Crippen LogP) is 4.47. The van der Waals surface area contributed by atoms with E-state index >= 15 is 0 Å². The number of aliphatic imine (C=N–C) groups is 1. The first-order valence-corrected chi connectivity index (χ1v) is 8.45. The van der Waals surface area contributed by atoms with Crippen LogP contribution in [0.25, 0.3) is 0 Å². The Morgan fingerprint density at radius 3 is 2.53 bits per heavy atom. The first-order valence-electron chi connectivity index (χ1n) is 7.23. The van der Waals surface area contributed by atoms with Crippen molar-refractivity contribution in [2.75, 3.05) is 12.8 Å². The molecule has 0 aliphatic carbocycles. The monoisotopic (exact) mass is 278 g/mol. The van der Waals surface area contributed by atoms with Crippen LogP contribution in [0.3, 0.4) is 0 Å². The van der Waals surface area contributed by atoms with Gasteiger partial charge in [-0.3, -0.25) is 4.99 Å². The molecule has 0 unspecified atom stereocenters. The van der Waals surface area contributed by atoms with Crippen LogP contribution >= 0.6 is 11.8 Å². The molecule has 1 aromatic rings. The van der Waals surface area contributed by atoms with Crippen molar-refractivity contribution in [3.8, 4) is 0 Å². The highest BCUT2D eigenvalue weighted by atomic mass is 32.2. The van der Waals surface area contributed by atoms with Crippen LogP contribution in [0.4, 0.5) is 0 Å². The Morgan fingerprint density at radius 1 is 1.11 bits per heavy atom. The van der Waals surface area contributed by atoms with Crippen molar-refractivity contribution in [3.05, 3.63) is 35.9 Å². The summed E-state index contributed by atoms with van der Waals surface area (Å²) in [6.45, 7) is 4.05. The number of nitrogens with one attached hydrogen (secondary N) is 1. The van der Waals surface area contributed by atoms with E-state index in [2.05, 4.69) is 47.8 Å². The number of thioether (sulfide) groups is 1. The topological polar surface area (TPSA) is 24.4 Å². The van der Waals surface area contributed by atoms with Gasteiger partial charge in [0.05, 0.1) is 6.54 Å². The standard InChI is InChI=1S/C16H26N2S/c1-3-4-5-6-10-13-17-16(19-2)18-14-15-11-8-7-9-12-15/h7-9,11-12H,3-6,10,13-14H2,1-2H3,(H,17,18). The zero-order valence-electron chi connectivity index (χ0n) is 12.2. The van der Waals surface area contributed by atoms with Crippen LogP contribution in [-0.4, -0.2) is 18.0 Å². The van der Waals surface area contributed by atoms with Crippen molar-refractivity contribution < 1.29 is 0 Å². The molecule has 1 N–H and O–H groups in total. The Hall–Kier alpha value is -0.960. The fraction of sp³-hybridized carbons (Fsp3) is 0.562. The Kier molecular flexibility index (Phi) is 9.25. The molecule has 0 aliphatic heterocycles. The molecule has 0 fully saturated rings. The molecule has 0 amide bonds. The van der Waals surface area contributed by atoms with Gasteiger partial charge < -0.3 is 5.32 Å². The van der Waals surface area contributed by atoms with E-state index in [-0.39, 0.29) is 0 Å². The molecule has 2 nitrogen and oxygen atoms in total. The molecule has 1 rings (SSSR count). The van der Waals surface area contributed by atoms with Crippen molar-refractivity contribution in [1.29, 1.82) is 0 Å². The van der Waals surface area contributed by atoms with Crippen LogP contribution in [0.15, 0.2) is 35.3 Å². The SMILES string of the molecule is CCCCCCCNC(=NCc1ccccc1)SC. The third kappa shape index (κ3) is 7.93. The lowest BCUT2D eigenvalue weighted by Gasteiger charge is -2.07. The molecule has 0 saturated heterocycles. The van der Waals surface area contributed by atoms with E-state index in [1.807, 2.05) is 6.07 Å². The van der Waals surface area contributed by atoms with Crippen LogP contribution in [0.1, 0.15) is 44.6 Å². The van der Waals surface area contributed by atoms with Gasteiger partial charge in [-0.15, -0.1) is 0 Å². The van der Waals surface area contributed by atoms with Crippen LogP contribution in [0.5, 0.6) is 0 Å². The van der Waals surface area contributed by atoms with Crippen molar-refractivity contribution in [2.45, 2.75) is 45.6 Å². The highest BCUT2D eigenvalue weighted by Crippen LogP contribution is 2.05. The first kappa shape index (κ1) is 16.1. The summed E-state index contributed by atoms with van der Waals surface area (Å²) < 4.78 is 0. The lowest BCUT2D eigenvalue weighted by molar-refractivity contribution is 0.625. The fourth-order valence-electron chi connectivity index (χ4n) is 1.86. The van der Waals surface area contributed by atoms with E-state index in [1.165, 1.54) is 37.7 Å². The zero-order valence-corrected chi connectivity index (χ0v) is 13.0. The second-order valence-electron chi connectivity index (χ2n) is 4.65. The summed E-state index contributed by atoms with van der Waals surface area (Å²) in [5.74, 6) is 0. The Bertz CT molecular complexity index is 349. The van der Waals surface area contributed by atoms with Gasteiger partial charge >= 0.3 is 0 Å². The Balaban J connectivity index is 2.21. The highest BCUT2D eigenvalue weighted by Gasteiger charge is 1.96. The molecule has 106 valence electrons. The first-order chi connectivity index (χ1) is 9.36. The number of amidine groups is 1. The molecule has 0 spiro atoms. The molecule has 19 heavy (non-hydrogen) atoms. The quantitative estimate of drug-likeness (QED) is 0.431. The van der Waals surface area contributed by atoms with Crippen molar-refractivity contribution in [2.24, 2.45) is 4.99 Å². The lowest BCUT2D eigenvalue weighted by Crippen LogP contribution is -2.21. The van der Waals surface area contributed by atoms with E-state index in [9.17, 15) is 0 Å². The fourth-order valence-corrected chi connectivity index (χ4v) is 2.30. The Morgan fingerprint density at radius 2 is 1.84 bits per heavy atom. The summed E-state index contributed by atoms with van der Waals surface area (Å²) in [7, 11) is 0. The number of nitrogens with zero attached hydrogens (tertiary/aromatic N) is 1. The van der Waals surface area contributed by atoms with Gasteiger partial charge in [0.1, 0.15) is 0 Å². The highest BCUT2D eigenvalue weighted by molar-refractivity contribution is 8.13. The summed E-state index contributed by atoms with van der Waals surface area (Å²) in [5.41, 5.74) is 1.26. The van der Waals surface area contributed by atoms with E-state index in [1.54, 1.807) is 11.8 Å². The van der Waals surface area contributed by atoms with E-state index in [0.717, 1.165) is 18.3 Å². The van der Waals surface area contributed by atoms with Crippen LogP contribution in [-0.2, 0) is 6.54 Å². The normalized spacial score (nSPS) is 11.6. The molecule has 0 aliphatic rings. The van der Waals surface area contributed by atoms with Gasteiger partial charge in [0, 0.05) is 6.54 Å². The third-order valence-corrected chi connectivity index (χ3v) is 3.66. The van der Waals surface area contributed by atoms with Gasteiger partial charge in [0.2, 0.25) is 0 Å². The molecule has 0 saturated carbocycles. The number of rotatable bonds is 8. The summed E-state index contributed by atoms with van der Waals surface area (Å²) in [6.07, 6.45) is 8.66. The lowest BCUT2D eigenvalue weighted by atomic mass is 10.1. The molecule has 0 radical (unpaired) electrons. The van der Waals surface area contributed by atoms with E-state index in [0.29, 0.717) is 0 Å². The molecule has 0 atom stereocenters. The van der Waals surface area contributed by atoms with Crippen LogP contribution in [0.2, 0.25) is 0 Å². The molecule has 0 bridgehead atoms. The number of benzene rings is 1. The van der Waals surface area contributed by atoms with E-state index < -0.39 is 0 Å². The average Bonchev–Trinajstić information content (AvgIpc) is 2.47. The molecule has 0 aromatic heterocycles.